The molecule has 2 atom stereocenters. The van der Waals surface area contributed by atoms with Crippen molar-refractivity contribution in [2.75, 3.05) is 6.54 Å². The van der Waals surface area contributed by atoms with E-state index in [-0.39, 0.29) is 18.7 Å². The van der Waals surface area contributed by atoms with Gasteiger partial charge in [-0.1, -0.05) is 60.7 Å². The Morgan fingerprint density at radius 3 is 2.48 bits per heavy atom. The normalized spacial score (nSPS) is 18.7. The van der Waals surface area contributed by atoms with Gasteiger partial charge in [0.25, 0.3) is 0 Å². The SMILES string of the molecule is O=C(OCc1ccccc1)N1CCC[C@H]1[C@H](O)c1ccccc1. The topological polar surface area (TPSA) is 49.8 Å². The van der Waals surface area contributed by atoms with Crippen LogP contribution in [0.15, 0.2) is 60.7 Å². The molecule has 0 spiro atoms. The molecule has 2 aromatic carbocycles. The quantitative estimate of drug-likeness (QED) is 0.940. The molecule has 0 saturated carbocycles. The minimum absolute atomic E-state index is 0.222. The Labute approximate surface area is 136 Å². The smallest absolute Gasteiger partial charge is 0.410 e. The first-order valence-corrected chi connectivity index (χ1v) is 7.96. The first-order chi connectivity index (χ1) is 11.3. The molecule has 1 fully saturated rings. The molecule has 1 amide bonds. The van der Waals surface area contributed by atoms with Gasteiger partial charge in [-0.2, -0.15) is 0 Å². The maximum Gasteiger partial charge on any atom is 0.410 e. The monoisotopic (exact) mass is 311 g/mol. The third-order valence-electron chi connectivity index (χ3n) is 4.24. The van der Waals surface area contributed by atoms with E-state index < -0.39 is 6.10 Å². The van der Waals surface area contributed by atoms with Crippen molar-refractivity contribution >= 4 is 6.09 Å². The highest BCUT2D eigenvalue weighted by Gasteiger charge is 2.35. The molecule has 0 unspecified atom stereocenters. The van der Waals surface area contributed by atoms with Gasteiger partial charge in [0.2, 0.25) is 0 Å². The minimum atomic E-state index is -0.678. The molecule has 1 aliphatic rings. The van der Waals surface area contributed by atoms with Crippen LogP contribution in [0.4, 0.5) is 4.79 Å². The van der Waals surface area contributed by atoms with E-state index in [0.717, 1.165) is 24.0 Å². The average Bonchev–Trinajstić information content (AvgIpc) is 3.10. The fourth-order valence-corrected chi connectivity index (χ4v) is 3.02. The number of ether oxygens (including phenoxy) is 1. The van der Waals surface area contributed by atoms with Crippen LogP contribution >= 0.6 is 0 Å². The molecule has 4 nitrogen and oxygen atoms in total. The molecule has 120 valence electrons. The number of amides is 1. The van der Waals surface area contributed by atoms with E-state index >= 15 is 0 Å². The summed E-state index contributed by atoms with van der Waals surface area (Å²) in [5.41, 5.74) is 1.79. The summed E-state index contributed by atoms with van der Waals surface area (Å²) in [6.45, 7) is 0.881. The van der Waals surface area contributed by atoms with Crippen LogP contribution in [0.2, 0.25) is 0 Å². The molecule has 1 aliphatic heterocycles. The minimum Gasteiger partial charge on any atom is -0.445 e. The van der Waals surface area contributed by atoms with Crippen LogP contribution in [0.5, 0.6) is 0 Å². The van der Waals surface area contributed by atoms with Crippen LogP contribution in [0.25, 0.3) is 0 Å². The van der Waals surface area contributed by atoms with E-state index in [4.69, 9.17) is 4.74 Å². The van der Waals surface area contributed by atoms with E-state index in [1.807, 2.05) is 60.7 Å². The van der Waals surface area contributed by atoms with E-state index in [9.17, 15) is 9.90 Å². The van der Waals surface area contributed by atoms with Crippen LogP contribution in [0.3, 0.4) is 0 Å². The molecular formula is C19H21NO3. The summed E-state index contributed by atoms with van der Waals surface area (Å²) in [6, 6.07) is 18.9. The Bertz CT molecular complexity index is 630. The van der Waals surface area contributed by atoms with Gasteiger partial charge in [0.15, 0.2) is 0 Å². The maximum absolute atomic E-state index is 12.4. The summed E-state index contributed by atoms with van der Waals surface area (Å²) in [5, 5.41) is 10.6. The highest BCUT2D eigenvalue weighted by atomic mass is 16.6. The molecule has 1 saturated heterocycles. The Morgan fingerprint density at radius 1 is 1.13 bits per heavy atom. The Hall–Kier alpha value is -2.33. The number of aliphatic hydroxyl groups is 1. The second-order valence-corrected chi connectivity index (χ2v) is 5.80. The van der Waals surface area contributed by atoms with Gasteiger partial charge in [0, 0.05) is 6.54 Å². The number of carbonyl (C=O) groups is 1. The van der Waals surface area contributed by atoms with Gasteiger partial charge in [-0.05, 0) is 24.0 Å². The fraction of sp³-hybridized carbons (Fsp3) is 0.316. The van der Waals surface area contributed by atoms with Gasteiger partial charge in [0.1, 0.15) is 6.61 Å². The van der Waals surface area contributed by atoms with E-state index in [2.05, 4.69) is 0 Å². The van der Waals surface area contributed by atoms with E-state index in [0.29, 0.717) is 6.54 Å². The second-order valence-electron chi connectivity index (χ2n) is 5.80. The van der Waals surface area contributed by atoms with Crippen molar-refractivity contribution in [3.63, 3.8) is 0 Å². The molecule has 23 heavy (non-hydrogen) atoms. The predicted octanol–water partition coefficient (Wildman–Crippen LogP) is 3.52. The lowest BCUT2D eigenvalue weighted by molar-refractivity contribution is 0.0478. The molecule has 1 N–H and O–H groups in total. The van der Waals surface area contributed by atoms with Crippen LogP contribution in [0, 0.1) is 0 Å². The summed E-state index contributed by atoms with van der Waals surface area (Å²) < 4.78 is 5.40. The van der Waals surface area contributed by atoms with Gasteiger partial charge in [-0.15, -0.1) is 0 Å². The summed E-state index contributed by atoms with van der Waals surface area (Å²) in [6.07, 6.45) is 0.639. The molecule has 0 bridgehead atoms. The van der Waals surface area contributed by atoms with Crippen LogP contribution in [-0.2, 0) is 11.3 Å². The molecule has 1 heterocycles. The number of aliphatic hydroxyl groups excluding tert-OH is 1. The van der Waals surface area contributed by atoms with Crippen LogP contribution in [0.1, 0.15) is 30.1 Å². The van der Waals surface area contributed by atoms with E-state index in [1.54, 1.807) is 4.90 Å². The molecule has 4 heteroatoms. The third-order valence-corrected chi connectivity index (χ3v) is 4.24. The van der Waals surface area contributed by atoms with Crippen molar-refractivity contribution in [3.05, 3.63) is 71.8 Å². The van der Waals surface area contributed by atoms with Gasteiger partial charge >= 0.3 is 6.09 Å². The average molecular weight is 311 g/mol. The molecule has 0 radical (unpaired) electrons. The number of carbonyl (C=O) groups excluding carboxylic acids is 1. The van der Waals surface area contributed by atoms with Gasteiger partial charge in [-0.25, -0.2) is 4.79 Å². The highest BCUT2D eigenvalue weighted by molar-refractivity contribution is 5.68. The zero-order valence-corrected chi connectivity index (χ0v) is 13.0. The molecule has 0 aliphatic carbocycles. The third kappa shape index (κ3) is 3.71. The Balaban J connectivity index is 1.63. The lowest BCUT2D eigenvalue weighted by Crippen LogP contribution is -2.39. The van der Waals surface area contributed by atoms with Crippen molar-refractivity contribution in [1.29, 1.82) is 0 Å². The number of hydrogen-bond donors (Lipinski definition) is 1. The fourth-order valence-electron chi connectivity index (χ4n) is 3.02. The summed E-state index contributed by atoms with van der Waals surface area (Å²) in [4.78, 5) is 14.0. The molecule has 0 aromatic heterocycles. The zero-order chi connectivity index (χ0) is 16.1. The summed E-state index contributed by atoms with van der Waals surface area (Å²) >= 11 is 0. The molecule has 3 rings (SSSR count). The second kappa shape index (κ2) is 7.29. The van der Waals surface area contributed by atoms with Crippen molar-refractivity contribution in [3.8, 4) is 0 Å². The van der Waals surface area contributed by atoms with Crippen molar-refractivity contribution in [2.24, 2.45) is 0 Å². The molecular weight excluding hydrogens is 290 g/mol. The Morgan fingerprint density at radius 2 is 1.78 bits per heavy atom. The standard InChI is InChI=1S/C19H21NO3/c21-18(16-10-5-2-6-11-16)17-12-7-13-20(17)19(22)23-14-15-8-3-1-4-9-15/h1-6,8-11,17-18,21H,7,12-14H2/t17-,18+/m0/s1. The number of likely N-dealkylation sites (tertiary alicyclic amines) is 1. The lowest BCUT2D eigenvalue weighted by atomic mass is 10.0. The maximum atomic E-state index is 12.4. The van der Waals surface area contributed by atoms with Crippen LogP contribution < -0.4 is 0 Å². The molecule has 2 aromatic rings. The van der Waals surface area contributed by atoms with E-state index in [1.165, 1.54) is 0 Å². The Kier molecular flexibility index (Phi) is 4.93. The highest BCUT2D eigenvalue weighted by Crippen LogP contribution is 2.29. The van der Waals surface area contributed by atoms with Crippen molar-refractivity contribution in [1.82, 2.24) is 4.90 Å². The van der Waals surface area contributed by atoms with Gasteiger partial charge < -0.3 is 14.7 Å². The number of nitrogens with zero attached hydrogens (tertiary/aromatic N) is 1. The van der Waals surface area contributed by atoms with Crippen molar-refractivity contribution in [2.45, 2.75) is 31.6 Å². The van der Waals surface area contributed by atoms with Crippen molar-refractivity contribution < 1.29 is 14.6 Å². The van der Waals surface area contributed by atoms with Gasteiger partial charge in [-0.3, -0.25) is 0 Å². The number of rotatable bonds is 4. The van der Waals surface area contributed by atoms with Gasteiger partial charge in [0.05, 0.1) is 12.1 Å². The summed E-state index contributed by atoms with van der Waals surface area (Å²) in [7, 11) is 0. The first-order valence-electron chi connectivity index (χ1n) is 7.96. The number of hydrogen-bond acceptors (Lipinski definition) is 3. The van der Waals surface area contributed by atoms with Crippen LogP contribution in [-0.4, -0.2) is 28.7 Å². The summed E-state index contributed by atoms with van der Waals surface area (Å²) in [5.74, 6) is 0. The first kappa shape index (κ1) is 15.6. The lowest BCUT2D eigenvalue weighted by Gasteiger charge is -2.28. The zero-order valence-electron chi connectivity index (χ0n) is 13.0. The largest absolute Gasteiger partial charge is 0.445 e. The predicted molar refractivity (Wildman–Crippen MR) is 87.8 cm³/mol. The number of benzene rings is 2.